The van der Waals surface area contributed by atoms with Gasteiger partial charge >= 0.3 is 0 Å². The van der Waals surface area contributed by atoms with Crippen molar-refractivity contribution in [3.8, 4) is 6.07 Å². The molecule has 0 heterocycles. The van der Waals surface area contributed by atoms with Crippen molar-refractivity contribution in [2.45, 2.75) is 38.8 Å². The number of nitrogen functional groups attached to an aromatic ring is 1. The Hall–Kier alpha value is -2.95. The molecule has 0 unspecified atom stereocenters. The van der Waals surface area contributed by atoms with Gasteiger partial charge in [0.25, 0.3) is 0 Å². The van der Waals surface area contributed by atoms with E-state index in [9.17, 15) is 9.59 Å². The van der Waals surface area contributed by atoms with Gasteiger partial charge in [0.1, 0.15) is 11.9 Å². The number of nitrogens with one attached hydrogen (secondary N) is 1. The van der Waals surface area contributed by atoms with Crippen molar-refractivity contribution in [3.05, 3.63) is 63.4 Å². The van der Waals surface area contributed by atoms with E-state index in [4.69, 9.17) is 28.3 Å². The largest absolute Gasteiger partial charge is 0.398 e. The lowest BCUT2D eigenvalue weighted by Crippen LogP contribution is -2.34. The number of amides is 1. The monoisotopic (exact) mass is 416 g/mol. The van der Waals surface area contributed by atoms with Crippen molar-refractivity contribution in [2.24, 2.45) is 5.73 Å². The highest BCUT2D eigenvalue weighted by Gasteiger charge is 2.25. The number of ketones is 1. The highest BCUT2D eigenvalue weighted by Crippen LogP contribution is 2.30. The Morgan fingerprint density at radius 3 is 2.59 bits per heavy atom. The van der Waals surface area contributed by atoms with E-state index >= 15 is 4.39 Å². The van der Waals surface area contributed by atoms with Crippen molar-refractivity contribution in [1.82, 2.24) is 5.32 Å². The number of carbonyl (C=O) groups excluding carboxylic acids is 2. The van der Waals surface area contributed by atoms with Crippen molar-refractivity contribution < 1.29 is 14.0 Å². The minimum absolute atomic E-state index is 0.0355. The third-order valence-corrected chi connectivity index (χ3v) is 4.88. The molecular weight excluding hydrogens is 395 g/mol. The summed E-state index contributed by atoms with van der Waals surface area (Å²) in [7, 11) is 0. The molecule has 8 heteroatoms. The summed E-state index contributed by atoms with van der Waals surface area (Å²) in [6.07, 6.45) is 0.607. The quantitative estimate of drug-likeness (QED) is 0.449. The average Bonchev–Trinajstić information content (AvgIpc) is 2.66. The number of halogens is 2. The molecule has 2 rings (SSSR count). The van der Waals surface area contributed by atoms with Crippen LogP contribution in [0.25, 0.3) is 0 Å². The molecule has 2 aromatic carbocycles. The van der Waals surface area contributed by atoms with Gasteiger partial charge in [0.15, 0.2) is 5.78 Å². The highest BCUT2D eigenvalue weighted by atomic mass is 35.5. The van der Waals surface area contributed by atoms with E-state index in [2.05, 4.69) is 5.32 Å². The first-order valence-electron chi connectivity index (χ1n) is 9.06. The number of nitrogens with two attached hydrogens (primary N) is 2. The predicted molar refractivity (Wildman–Crippen MR) is 110 cm³/mol. The molecule has 0 saturated heterocycles. The maximum absolute atomic E-state index is 15.4. The number of benzene rings is 2. The Bertz CT molecular complexity index is 987. The van der Waals surface area contributed by atoms with Crippen LogP contribution in [0.5, 0.6) is 0 Å². The molecule has 0 radical (unpaired) electrons. The van der Waals surface area contributed by atoms with Crippen LogP contribution in [0.4, 0.5) is 10.1 Å². The fourth-order valence-electron chi connectivity index (χ4n) is 3.12. The zero-order valence-electron chi connectivity index (χ0n) is 16.1. The second-order valence-electron chi connectivity index (χ2n) is 6.77. The molecule has 0 aliphatic carbocycles. The zero-order valence-corrected chi connectivity index (χ0v) is 16.9. The molecule has 6 nitrogen and oxygen atoms in total. The second-order valence-corrected chi connectivity index (χ2v) is 7.17. The van der Waals surface area contributed by atoms with Crippen LogP contribution in [0.1, 0.15) is 59.8 Å². The van der Waals surface area contributed by atoms with Gasteiger partial charge in [-0.1, -0.05) is 24.6 Å². The SMILES string of the molecule is CC[C@@H](N[C@H](C)CC(N)=O)c1ccc(Cl)c(C(=O)c2ccc(N)c(C#N)c2)c1F. The maximum atomic E-state index is 15.4. The first-order chi connectivity index (χ1) is 13.7. The summed E-state index contributed by atoms with van der Waals surface area (Å²) < 4.78 is 15.4. The molecular formula is C21H22ClFN4O2. The summed E-state index contributed by atoms with van der Waals surface area (Å²) in [5, 5.41) is 12.2. The highest BCUT2D eigenvalue weighted by molar-refractivity contribution is 6.35. The standard InChI is InChI=1S/C21H22ClFN4O2/c1-3-17(27-11(2)8-18(26)28)14-5-6-15(22)19(20(14)23)21(29)12-4-7-16(25)13(9-12)10-24/h4-7,9,11,17,27H,3,8,25H2,1-2H3,(H2,26,28)/t11-,17-/m1/s1. The first kappa shape index (κ1) is 22.3. The number of primary amides is 1. The number of hydrogen-bond acceptors (Lipinski definition) is 5. The fraction of sp³-hybridized carbons (Fsp3) is 0.286. The molecule has 29 heavy (non-hydrogen) atoms. The minimum atomic E-state index is -0.747. The normalized spacial score (nSPS) is 12.8. The summed E-state index contributed by atoms with van der Waals surface area (Å²) in [6.45, 7) is 3.62. The van der Waals surface area contributed by atoms with Crippen LogP contribution in [-0.2, 0) is 4.79 Å². The molecule has 2 atom stereocenters. The van der Waals surface area contributed by atoms with E-state index in [0.29, 0.717) is 6.42 Å². The van der Waals surface area contributed by atoms with E-state index in [1.54, 1.807) is 6.92 Å². The van der Waals surface area contributed by atoms with Gasteiger partial charge in [-0.25, -0.2) is 4.39 Å². The van der Waals surface area contributed by atoms with Gasteiger partial charge in [0.2, 0.25) is 5.91 Å². The van der Waals surface area contributed by atoms with Crippen LogP contribution in [0.15, 0.2) is 30.3 Å². The molecule has 0 saturated carbocycles. The maximum Gasteiger partial charge on any atom is 0.218 e. The Morgan fingerprint density at radius 2 is 2.00 bits per heavy atom. The number of nitriles is 1. The van der Waals surface area contributed by atoms with Crippen LogP contribution < -0.4 is 16.8 Å². The molecule has 2 aromatic rings. The predicted octanol–water partition coefficient (Wildman–Crippen LogP) is 3.47. The summed E-state index contributed by atoms with van der Waals surface area (Å²) >= 11 is 6.14. The molecule has 0 aliphatic rings. The second kappa shape index (κ2) is 9.50. The number of hydrogen-bond donors (Lipinski definition) is 3. The van der Waals surface area contributed by atoms with Crippen molar-refractivity contribution >= 4 is 29.0 Å². The summed E-state index contributed by atoms with van der Waals surface area (Å²) in [6, 6.07) is 8.29. The number of anilines is 1. The van der Waals surface area contributed by atoms with Gasteiger partial charge in [-0.2, -0.15) is 5.26 Å². The van der Waals surface area contributed by atoms with E-state index in [1.165, 1.54) is 30.3 Å². The van der Waals surface area contributed by atoms with Crippen LogP contribution in [0, 0.1) is 17.1 Å². The Balaban J connectivity index is 2.45. The van der Waals surface area contributed by atoms with Crippen molar-refractivity contribution in [1.29, 1.82) is 5.26 Å². The lowest BCUT2D eigenvalue weighted by Gasteiger charge is -2.23. The van der Waals surface area contributed by atoms with Crippen LogP contribution in [0.3, 0.4) is 0 Å². The molecule has 0 aromatic heterocycles. The summed E-state index contributed by atoms with van der Waals surface area (Å²) in [5.74, 6) is -1.86. The summed E-state index contributed by atoms with van der Waals surface area (Å²) in [4.78, 5) is 24.1. The average molecular weight is 417 g/mol. The van der Waals surface area contributed by atoms with Crippen molar-refractivity contribution in [2.75, 3.05) is 5.73 Å². The van der Waals surface area contributed by atoms with Crippen LogP contribution in [0.2, 0.25) is 5.02 Å². The minimum Gasteiger partial charge on any atom is -0.398 e. The molecule has 0 spiro atoms. The van der Waals surface area contributed by atoms with Gasteiger partial charge in [-0.3, -0.25) is 9.59 Å². The molecule has 1 amide bonds. The molecule has 0 fully saturated rings. The fourth-order valence-corrected chi connectivity index (χ4v) is 3.35. The van der Waals surface area contributed by atoms with Gasteiger partial charge < -0.3 is 16.8 Å². The zero-order chi connectivity index (χ0) is 21.7. The topological polar surface area (TPSA) is 122 Å². The lowest BCUT2D eigenvalue weighted by molar-refractivity contribution is -0.118. The molecule has 5 N–H and O–H groups in total. The van der Waals surface area contributed by atoms with E-state index in [-0.39, 0.29) is 45.4 Å². The Morgan fingerprint density at radius 1 is 1.31 bits per heavy atom. The first-order valence-corrected chi connectivity index (χ1v) is 9.43. The Labute approximate surface area is 173 Å². The number of rotatable bonds is 8. The van der Waals surface area contributed by atoms with Crippen LogP contribution >= 0.6 is 11.6 Å². The van der Waals surface area contributed by atoms with Crippen molar-refractivity contribution in [3.63, 3.8) is 0 Å². The van der Waals surface area contributed by atoms with E-state index in [1.807, 2.05) is 13.0 Å². The van der Waals surface area contributed by atoms with Crippen LogP contribution in [-0.4, -0.2) is 17.7 Å². The van der Waals surface area contributed by atoms with Gasteiger partial charge in [-0.15, -0.1) is 0 Å². The number of nitrogens with zero attached hydrogens (tertiary/aromatic N) is 1. The number of carbonyl (C=O) groups is 2. The van der Waals surface area contributed by atoms with E-state index < -0.39 is 23.5 Å². The van der Waals surface area contributed by atoms with Gasteiger partial charge in [0, 0.05) is 35.3 Å². The molecule has 152 valence electrons. The summed E-state index contributed by atoms with van der Waals surface area (Å²) in [5.41, 5.74) is 11.3. The lowest BCUT2D eigenvalue weighted by atomic mass is 9.95. The molecule has 0 bridgehead atoms. The third kappa shape index (κ3) is 5.11. The van der Waals surface area contributed by atoms with E-state index in [0.717, 1.165) is 0 Å². The molecule has 0 aliphatic heterocycles. The third-order valence-electron chi connectivity index (χ3n) is 4.56. The van der Waals surface area contributed by atoms with Gasteiger partial charge in [-0.05, 0) is 37.6 Å². The van der Waals surface area contributed by atoms with Gasteiger partial charge in [0.05, 0.1) is 16.1 Å². The Kier molecular flexibility index (Phi) is 7.32. The smallest absolute Gasteiger partial charge is 0.218 e.